The van der Waals surface area contributed by atoms with Crippen LogP contribution in [0.25, 0.3) is 0 Å². The van der Waals surface area contributed by atoms with Crippen LogP contribution in [0, 0.1) is 0 Å². The van der Waals surface area contributed by atoms with Crippen molar-refractivity contribution in [2.75, 3.05) is 6.61 Å². The molecule has 1 fully saturated rings. The standard InChI is InChI=1S/C14H19NO9S/c1-8(16)15-11-13(18)12(17)10(7-22-25(19,20)21)24-14(11)23-9-5-3-2-4-6-9/h2-6,10-14,17-18H,7H2,1H3,(H,15,16)(H,19,20,21)/t10?,11?,12-,13+,14+/m0/s1. The van der Waals surface area contributed by atoms with E-state index in [1.807, 2.05) is 0 Å². The zero-order valence-electron chi connectivity index (χ0n) is 13.2. The smallest absolute Gasteiger partial charge is 0.397 e. The third-order valence-electron chi connectivity index (χ3n) is 3.45. The summed E-state index contributed by atoms with van der Waals surface area (Å²) < 4.78 is 45.2. The maximum Gasteiger partial charge on any atom is 0.397 e. The Labute approximate surface area is 144 Å². The first-order valence-corrected chi connectivity index (χ1v) is 8.66. The summed E-state index contributed by atoms with van der Waals surface area (Å²) in [6.45, 7) is 0.463. The molecule has 0 radical (unpaired) electrons. The SMILES string of the molecule is CC(=O)NC1[C@H](Oc2ccccc2)OC(COS(=O)(=O)O)[C@H](O)[C@@H]1O. The number of benzene rings is 1. The van der Waals surface area contributed by atoms with Crippen molar-refractivity contribution in [2.45, 2.75) is 37.6 Å². The zero-order chi connectivity index (χ0) is 18.6. The number of nitrogens with one attached hydrogen (secondary N) is 1. The molecule has 25 heavy (non-hydrogen) atoms. The summed E-state index contributed by atoms with van der Waals surface area (Å²) in [6, 6.07) is 7.23. The van der Waals surface area contributed by atoms with Crippen molar-refractivity contribution in [1.82, 2.24) is 5.32 Å². The van der Waals surface area contributed by atoms with Crippen LogP contribution in [-0.4, -0.2) is 66.3 Å². The lowest BCUT2D eigenvalue weighted by atomic mass is 9.97. The number of aliphatic hydroxyl groups is 2. The van der Waals surface area contributed by atoms with E-state index in [1.54, 1.807) is 30.3 Å². The van der Waals surface area contributed by atoms with Gasteiger partial charge in [-0.3, -0.25) is 9.35 Å². The van der Waals surface area contributed by atoms with Gasteiger partial charge in [0.2, 0.25) is 12.2 Å². The fraction of sp³-hybridized carbons (Fsp3) is 0.500. The predicted octanol–water partition coefficient (Wildman–Crippen LogP) is -1.16. The lowest BCUT2D eigenvalue weighted by Crippen LogP contribution is -2.65. The molecular formula is C14H19NO9S. The fourth-order valence-electron chi connectivity index (χ4n) is 2.34. The second-order valence-electron chi connectivity index (χ2n) is 5.39. The number of ether oxygens (including phenoxy) is 2. The molecule has 1 aromatic rings. The minimum Gasteiger partial charge on any atom is -0.463 e. The van der Waals surface area contributed by atoms with Gasteiger partial charge >= 0.3 is 10.4 Å². The summed E-state index contributed by atoms with van der Waals surface area (Å²) in [4.78, 5) is 11.3. The van der Waals surface area contributed by atoms with Gasteiger partial charge in [0.05, 0.1) is 6.61 Å². The fourth-order valence-corrected chi connectivity index (χ4v) is 2.65. The Kier molecular flexibility index (Phi) is 6.32. The summed E-state index contributed by atoms with van der Waals surface area (Å²) in [5, 5.41) is 22.7. The molecule has 5 atom stereocenters. The molecule has 4 N–H and O–H groups in total. The van der Waals surface area contributed by atoms with Gasteiger partial charge in [-0.05, 0) is 12.1 Å². The second-order valence-corrected chi connectivity index (χ2v) is 6.48. The molecule has 1 amide bonds. The molecule has 2 rings (SSSR count). The highest BCUT2D eigenvalue weighted by atomic mass is 32.3. The Hall–Kier alpha value is -1.76. The van der Waals surface area contributed by atoms with Gasteiger partial charge < -0.3 is 25.0 Å². The molecular weight excluding hydrogens is 358 g/mol. The highest BCUT2D eigenvalue weighted by Crippen LogP contribution is 2.25. The Bertz CT molecular complexity index is 681. The van der Waals surface area contributed by atoms with Gasteiger partial charge in [0.1, 0.15) is 30.1 Å². The van der Waals surface area contributed by atoms with Crippen LogP contribution in [-0.2, 0) is 24.1 Å². The summed E-state index contributed by atoms with van der Waals surface area (Å²) in [6.07, 6.45) is -5.68. The highest BCUT2D eigenvalue weighted by molar-refractivity contribution is 7.80. The summed E-state index contributed by atoms with van der Waals surface area (Å²) >= 11 is 0. The van der Waals surface area contributed by atoms with Gasteiger partial charge in [0, 0.05) is 6.92 Å². The van der Waals surface area contributed by atoms with E-state index in [2.05, 4.69) is 9.50 Å². The molecule has 0 saturated carbocycles. The number of aliphatic hydroxyl groups excluding tert-OH is 2. The van der Waals surface area contributed by atoms with E-state index in [4.69, 9.17) is 14.0 Å². The van der Waals surface area contributed by atoms with E-state index in [-0.39, 0.29) is 0 Å². The van der Waals surface area contributed by atoms with Crippen molar-refractivity contribution in [3.8, 4) is 5.75 Å². The second kappa shape index (κ2) is 8.08. The van der Waals surface area contributed by atoms with Crippen molar-refractivity contribution < 1.29 is 41.6 Å². The van der Waals surface area contributed by atoms with E-state index >= 15 is 0 Å². The third-order valence-corrected chi connectivity index (χ3v) is 3.88. The number of amides is 1. The zero-order valence-corrected chi connectivity index (χ0v) is 14.0. The molecule has 1 aromatic carbocycles. The largest absolute Gasteiger partial charge is 0.463 e. The first-order valence-electron chi connectivity index (χ1n) is 7.29. The number of carbonyl (C=O) groups is 1. The monoisotopic (exact) mass is 377 g/mol. The van der Waals surface area contributed by atoms with Gasteiger partial charge in [-0.1, -0.05) is 18.2 Å². The predicted molar refractivity (Wildman–Crippen MR) is 82.8 cm³/mol. The molecule has 10 nitrogen and oxygen atoms in total. The van der Waals surface area contributed by atoms with Crippen LogP contribution in [0.4, 0.5) is 0 Å². The minimum absolute atomic E-state index is 0.362. The summed E-state index contributed by atoms with van der Waals surface area (Å²) in [5.41, 5.74) is 0. The molecule has 140 valence electrons. The molecule has 1 aliphatic heterocycles. The van der Waals surface area contributed by atoms with Crippen molar-refractivity contribution in [1.29, 1.82) is 0 Å². The first-order chi connectivity index (χ1) is 11.7. The van der Waals surface area contributed by atoms with Crippen LogP contribution >= 0.6 is 0 Å². The van der Waals surface area contributed by atoms with E-state index in [1.165, 1.54) is 6.92 Å². The number of rotatable bonds is 6. The minimum atomic E-state index is -4.76. The van der Waals surface area contributed by atoms with Gasteiger partial charge in [-0.2, -0.15) is 8.42 Å². The van der Waals surface area contributed by atoms with Gasteiger partial charge in [0.25, 0.3) is 0 Å². The average Bonchev–Trinajstić information content (AvgIpc) is 2.53. The number of hydrogen-bond acceptors (Lipinski definition) is 8. The van der Waals surface area contributed by atoms with Crippen molar-refractivity contribution in [2.24, 2.45) is 0 Å². The van der Waals surface area contributed by atoms with Gasteiger partial charge in [-0.15, -0.1) is 0 Å². The lowest BCUT2D eigenvalue weighted by Gasteiger charge is -2.42. The molecule has 1 heterocycles. The van der Waals surface area contributed by atoms with Crippen molar-refractivity contribution >= 4 is 16.3 Å². The molecule has 0 bridgehead atoms. The lowest BCUT2D eigenvalue weighted by molar-refractivity contribution is -0.242. The maximum absolute atomic E-state index is 11.3. The molecule has 2 unspecified atom stereocenters. The number of carbonyl (C=O) groups excluding carboxylic acids is 1. The molecule has 11 heteroatoms. The van der Waals surface area contributed by atoms with E-state index in [0.717, 1.165) is 0 Å². The van der Waals surface area contributed by atoms with Gasteiger partial charge in [-0.25, -0.2) is 4.18 Å². The Morgan fingerprint density at radius 1 is 1.24 bits per heavy atom. The quantitative estimate of drug-likeness (QED) is 0.450. The normalized spacial score (nSPS) is 29.8. The number of para-hydroxylation sites is 1. The first kappa shape index (κ1) is 19.6. The van der Waals surface area contributed by atoms with E-state index in [9.17, 15) is 23.4 Å². The third kappa shape index (κ3) is 5.63. The highest BCUT2D eigenvalue weighted by Gasteiger charge is 2.46. The molecule has 0 spiro atoms. The number of hydrogen-bond donors (Lipinski definition) is 4. The van der Waals surface area contributed by atoms with Crippen molar-refractivity contribution in [3.63, 3.8) is 0 Å². The molecule has 0 aliphatic carbocycles. The topological polar surface area (TPSA) is 152 Å². The van der Waals surface area contributed by atoms with E-state index in [0.29, 0.717) is 5.75 Å². The van der Waals surface area contributed by atoms with E-state index < -0.39 is 53.6 Å². The molecule has 1 saturated heterocycles. The van der Waals surface area contributed by atoms with Crippen LogP contribution < -0.4 is 10.1 Å². The summed E-state index contributed by atoms with van der Waals surface area (Å²) in [5.74, 6) is -0.130. The average molecular weight is 377 g/mol. The maximum atomic E-state index is 11.3. The summed E-state index contributed by atoms with van der Waals surface area (Å²) in [7, 11) is -4.76. The van der Waals surface area contributed by atoms with Crippen molar-refractivity contribution in [3.05, 3.63) is 30.3 Å². The van der Waals surface area contributed by atoms with Crippen LogP contribution in [0.3, 0.4) is 0 Å². The van der Waals surface area contributed by atoms with Gasteiger partial charge in [0.15, 0.2) is 0 Å². The molecule has 0 aromatic heterocycles. The van der Waals surface area contributed by atoms with Crippen LogP contribution in [0.2, 0.25) is 0 Å². The Balaban J connectivity index is 2.18. The Morgan fingerprint density at radius 3 is 2.44 bits per heavy atom. The van der Waals surface area contributed by atoms with Crippen LogP contribution in [0.5, 0.6) is 5.75 Å². The van der Waals surface area contributed by atoms with Crippen LogP contribution in [0.1, 0.15) is 6.92 Å². The van der Waals surface area contributed by atoms with Crippen LogP contribution in [0.15, 0.2) is 30.3 Å². The molecule has 1 aliphatic rings. The Morgan fingerprint density at radius 2 is 1.88 bits per heavy atom.